The molecule has 1 aromatic heterocycles. The molecule has 5 nitrogen and oxygen atoms in total. The molecule has 4 aromatic rings. The first-order valence-electron chi connectivity index (χ1n) is 9.40. The summed E-state index contributed by atoms with van der Waals surface area (Å²) in [6.07, 6.45) is 0. The van der Waals surface area contributed by atoms with Gasteiger partial charge in [-0.3, -0.25) is 9.59 Å². The lowest BCUT2D eigenvalue weighted by Crippen LogP contribution is -2.15. The van der Waals surface area contributed by atoms with E-state index in [0.29, 0.717) is 37.6 Å². The zero-order valence-electron chi connectivity index (χ0n) is 16.4. The number of fused-ring (bicyclic) bond motifs is 1. The number of Topliss-reactive ketones (excluding diaryl/α,β-unsaturated/α-hetero) is 1. The maximum absolute atomic E-state index is 13.2. The highest BCUT2D eigenvalue weighted by Gasteiger charge is 2.23. The number of methoxy groups -OCH3 is 1. The van der Waals surface area contributed by atoms with Gasteiger partial charge in [0, 0.05) is 21.5 Å². The maximum Gasteiger partial charge on any atom is 0.230 e. The van der Waals surface area contributed by atoms with E-state index in [9.17, 15) is 9.59 Å². The van der Waals surface area contributed by atoms with Crippen LogP contribution in [0.2, 0.25) is 5.02 Å². The molecule has 0 radical (unpaired) electrons. The summed E-state index contributed by atoms with van der Waals surface area (Å²) in [4.78, 5) is 25.9. The highest BCUT2D eigenvalue weighted by atomic mass is 79.9. The van der Waals surface area contributed by atoms with Crippen LogP contribution in [0.25, 0.3) is 11.0 Å². The number of rotatable bonds is 7. The van der Waals surface area contributed by atoms with Gasteiger partial charge in [-0.15, -0.1) is 0 Å². The molecule has 0 aliphatic heterocycles. The van der Waals surface area contributed by atoms with Crippen LogP contribution in [0.15, 0.2) is 75.6 Å². The van der Waals surface area contributed by atoms with Gasteiger partial charge in [0.25, 0.3) is 0 Å². The maximum atomic E-state index is 13.2. The molecule has 3 aromatic carbocycles. The van der Waals surface area contributed by atoms with Gasteiger partial charge in [-0.25, -0.2) is 0 Å². The minimum Gasteiger partial charge on any atom is -0.496 e. The van der Waals surface area contributed by atoms with Crippen LogP contribution in [-0.2, 0) is 0 Å². The lowest BCUT2D eigenvalue weighted by molar-refractivity contribution is 0.0997. The zero-order valence-corrected chi connectivity index (χ0v) is 18.8. The molecule has 7 heteroatoms. The second-order valence-electron chi connectivity index (χ2n) is 6.76. The molecule has 0 amide bonds. The van der Waals surface area contributed by atoms with Crippen LogP contribution < -0.4 is 10.1 Å². The smallest absolute Gasteiger partial charge is 0.230 e. The molecule has 0 saturated heterocycles. The third kappa shape index (κ3) is 4.36. The average molecular weight is 499 g/mol. The number of nitrogens with one attached hydrogen (secondary N) is 1. The third-order valence-electron chi connectivity index (χ3n) is 4.81. The lowest BCUT2D eigenvalue weighted by atomic mass is 10.1. The van der Waals surface area contributed by atoms with Crippen molar-refractivity contribution in [2.24, 2.45) is 0 Å². The molecule has 0 saturated carbocycles. The molecule has 1 heterocycles. The molecular formula is C24H17BrClNO4. The average Bonchev–Trinajstić information content (AvgIpc) is 3.16. The number of hydrogen-bond acceptors (Lipinski definition) is 5. The van der Waals surface area contributed by atoms with E-state index >= 15 is 0 Å². The van der Waals surface area contributed by atoms with Gasteiger partial charge in [-0.1, -0.05) is 23.7 Å². The fourth-order valence-electron chi connectivity index (χ4n) is 3.23. The van der Waals surface area contributed by atoms with E-state index in [1.165, 1.54) is 0 Å². The van der Waals surface area contributed by atoms with E-state index in [-0.39, 0.29) is 23.9 Å². The Morgan fingerprint density at radius 1 is 1.03 bits per heavy atom. The summed E-state index contributed by atoms with van der Waals surface area (Å²) < 4.78 is 11.8. The van der Waals surface area contributed by atoms with Gasteiger partial charge in [-0.05, 0) is 70.5 Å². The van der Waals surface area contributed by atoms with Gasteiger partial charge in [0.2, 0.25) is 5.78 Å². The number of ether oxygens (including phenoxy) is 1. The number of ketones is 2. The summed E-state index contributed by atoms with van der Waals surface area (Å²) in [5.41, 5.74) is 1.99. The molecule has 0 aliphatic rings. The Bertz CT molecular complexity index is 1280. The first-order chi connectivity index (χ1) is 15.0. The van der Waals surface area contributed by atoms with Crippen LogP contribution in [0.4, 0.5) is 5.69 Å². The Labute approximate surface area is 192 Å². The molecule has 31 heavy (non-hydrogen) atoms. The Morgan fingerprint density at radius 2 is 1.74 bits per heavy atom. The lowest BCUT2D eigenvalue weighted by Gasteiger charge is -2.08. The van der Waals surface area contributed by atoms with Crippen molar-refractivity contribution in [1.82, 2.24) is 0 Å². The van der Waals surface area contributed by atoms with Gasteiger partial charge >= 0.3 is 0 Å². The molecular weight excluding hydrogens is 482 g/mol. The minimum absolute atomic E-state index is 0.00224. The number of carbonyl (C=O) groups is 2. The van der Waals surface area contributed by atoms with E-state index in [0.717, 1.165) is 5.39 Å². The van der Waals surface area contributed by atoms with E-state index in [1.54, 1.807) is 55.6 Å². The van der Waals surface area contributed by atoms with Crippen LogP contribution >= 0.6 is 27.5 Å². The second kappa shape index (κ2) is 8.96. The quantitative estimate of drug-likeness (QED) is 0.299. The summed E-state index contributed by atoms with van der Waals surface area (Å²) in [6, 6.07) is 19.0. The molecule has 0 spiro atoms. The summed E-state index contributed by atoms with van der Waals surface area (Å²) in [7, 11) is 1.56. The predicted octanol–water partition coefficient (Wildman–Crippen LogP) is 6.38. The SMILES string of the molecule is COc1ccc(C(=O)c2oc3ccccc3c2NCC(=O)c2ccc(Cl)cc2)cc1Br. The number of hydrogen-bond donors (Lipinski definition) is 1. The first-order valence-corrected chi connectivity index (χ1v) is 10.6. The van der Waals surface area contributed by atoms with E-state index < -0.39 is 0 Å². The van der Waals surface area contributed by atoms with Crippen molar-refractivity contribution in [2.75, 3.05) is 19.0 Å². The third-order valence-corrected chi connectivity index (χ3v) is 5.68. The minimum atomic E-state index is -0.305. The van der Waals surface area contributed by atoms with E-state index in [2.05, 4.69) is 21.2 Å². The van der Waals surface area contributed by atoms with Gasteiger partial charge in [0.15, 0.2) is 11.5 Å². The number of furan rings is 1. The molecule has 0 atom stereocenters. The Hall–Kier alpha value is -3.09. The summed E-state index contributed by atoms with van der Waals surface area (Å²) >= 11 is 9.30. The number of para-hydroxylation sites is 1. The van der Waals surface area contributed by atoms with Gasteiger partial charge in [0.05, 0.1) is 23.8 Å². The Morgan fingerprint density at radius 3 is 2.45 bits per heavy atom. The van der Waals surface area contributed by atoms with Crippen LogP contribution in [0.5, 0.6) is 5.75 Å². The van der Waals surface area contributed by atoms with Crippen LogP contribution in [-0.4, -0.2) is 25.2 Å². The molecule has 0 aliphatic carbocycles. The molecule has 156 valence electrons. The van der Waals surface area contributed by atoms with Crippen molar-refractivity contribution in [3.05, 3.63) is 93.1 Å². The van der Waals surface area contributed by atoms with Crippen molar-refractivity contribution < 1.29 is 18.7 Å². The molecule has 0 fully saturated rings. The standard InChI is InChI=1S/C24H17BrClNO4/c1-30-21-11-8-15(12-18(21)25)23(29)24-22(17-4-2-3-5-20(17)31-24)27-13-19(28)14-6-9-16(26)10-7-14/h2-12,27H,13H2,1H3. The van der Waals surface area contributed by atoms with Crippen LogP contribution in [0.1, 0.15) is 26.5 Å². The number of anilines is 1. The predicted molar refractivity (Wildman–Crippen MR) is 125 cm³/mol. The molecule has 4 rings (SSSR count). The fourth-order valence-corrected chi connectivity index (χ4v) is 3.89. The normalized spacial score (nSPS) is 10.8. The van der Waals surface area contributed by atoms with E-state index in [1.807, 2.05) is 18.2 Å². The van der Waals surface area contributed by atoms with Crippen molar-refractivity contribution in [3.63, 3.8) is 0 Å². The highest BCUT2D eigenvalue weighted by Crippen LogP contribution is 2.34. The monoisotopic (exact) mass is 497 g/mol. The molecule has 0 unspecified atom stereocenters. The zero-order chi connectivity index (χ0) is 22.0. The first kappa shape index (κ1) is 21.2. The molecule has 1 N–H and O–H groups in total. The van der Waals surface area contributed by atoms with Crippen molar-refractivity contribution in [1.29, 1.82) is 0 Å². The fraction of sp³-hybridized carbons (Fsp3) is 0.0833. The number of carbonyl (C=O) groups excluding carboxylic acids is 2. The van der Waals surface area contributed by atoms with Crippen molar-refractivity contribution in [2.45, 2.75) is 0 Å². The molecule has 0 bridgehead atoms. The van der Waals surface area contributed by atoms with Gasteiger partial charge in [0.1, 0.15) is 11.3 Å². The van der Waals surface area contributed by atoms with E-state index in [4.69, 9.17) is 20.8 Å². The van der Waals surface area contributed by atoms with Crippen LogP contribution in [0.3, 0.4) is 0 Å². The number of benzene rings is 3. The Kier molecular flexibility index (Phi) is 6.11. The second-order valence-corrected chi connectivity index (χ2v) is 8.06. The largest absolute Gasteiger partial charge is 0.496 e. The van der Waals surface area contributed by atoms with Crippen LogP contribution in [0, 0.1) is 0 Å². The van der Waals surface area contributed by atoms with Crippen molar-refractivity contribution >= 4 is 55.8 Å². The van der Waals surface area contributed by atoms with Gasteiger partial charge < -0.3 is 14.5 Å². The number of halogens is 2. The van der Waals surface area contributed by atoms with Crippen molar-refractivity contribution in [3.8, 4) is 5.75 Å². The summed E-state index contributed by atoms with van der Waals surface area (Å²) in [5.74, 6) is 0.323. The highest BCUT2D eigenvalue weighted by molar-refractivity contribution is 9.10. The topological polar surface area (TPSA) is 68.5 Å². The summed E-state index contributed by atoms with van der Waals surface area (Å²) in [5, 5.41) is 4.39. The van der Waals surface area contributed by atoms with Gasteiger partial charge in [-0.2, -0.15) is 0 Å². The Balaban J connectivity index is 1.67. The summed E-state index contributed by atoms with van der Waals surface area (Å²) in [6.45, 7) is -0.00224.